The summed E-state index contributed by atoms with van der Waals surface area (Å²) < 4.78 is 5.46. The fourth-order valence-electron chi connectivity index (χ4n) is 4.22. The normalized spacial score (nSPS) is 20.1. The Morgan fingerprint density at radius 3 is 2.59 bits per heavy atom. The smallest absolute Gasteiger partial charge is 0.275 e. The van der Waals surface area contributed by atoms with E-state index in [1.165, 1.54) is 16.0 Å². The summed E-state index contributed by atoms with van der Waals surface area (Å²) in [6.07, 6.45) is 2.11. The number of methoxy groups -OCH3 is 1. The molecule has 29 heavy (non-hydrogen) atoms. The van der Waals surface area contributed by atoms with Gasteiger partial charge >= 0.3 is 0 Å². The first kappa shape index (κ1) is 21.3. The van der Waals surface area contributed by atoms with Crippen molar-refractivity contribution in [3.8, 4) is 5.75 Å². The summed E-state index contributed by atoms with van der Waals surface area (Å²) >= 11 is 0. The van der Waals surface area contributed by atoms with Gasteiger partial charge in [-0.1, -0.05) is 42.0 Å². The molecule has 2 aromatic rings. The van der Waals surface area contributed by atoms with Crippen molar-refractivity contribution < 1.29 is 19.3 Å². The van der Waals surface area contributed by atoms with Crippen LogP contribution in [0.3, 0.4) is 0 Å². The Hall–Kier alpha value is -2.37. The lowest BCUT2D eigenvalue weighted by Crippen LogP contribution is -3.12. The number of hydrogen-bond donors (Lipinski definition) is 3. The summed E-state index contributed by atoms with van der Waals surface area (Å²) in [6.45, 7) is 6.64. The third-order valence-electron chi connectivity index (χ3n) is 5.75. The first-order chi connectivity index (χ1) is 14.0. The number of hydrogen-bond acceptors (Lipinski definition) is 2. The molecule has 1 unspecified atom stereocenters. The number of amides is 1. The summed E-state index contributed by atoms with van der Waals surface area (Å²) in [5, 5.41) is 3.26. The van der Waals surface area contributed by atoms with Gasteiger partial charge in [-0.05, 0) is 19.1 Å². The third kappa shape index (κ3) is 6.58. The Morgan fingerprint density at radius 2 is 1.90 bits per heavy atom. The Morgan fingerprint density at radius 1 is 1.17 bits per heavy atom. The molecule has 3 N–H and O–H groups in total. The van der Waals surface area contributed by atoms with Crippen LogP contribution in [0.4, 0.5) is 0 Å². The quantitative estimate of drug-likeness (QED) is 0.603. The van der Waals surface area contributed by atoms with Crippen LogP contribution in [0.25, 0.3) is 0 Å². The fraction of sp³-hybridized carbons (Fsp3) is 0.458. The van der Waals surface area contributed by atoms with Gasteiger partial charge in [0.2, 0.25) is 0 Å². The van der Waals surface area contributed by atoms with Gasteiger partial charge in [0.1, 0.15) is 18.8 Å². The van der Waals surface area contributed by atoms with E-state index < -0.39 is 0 Å². The molecule has 3 rings (SSSR count). The summed E-state index contributed by atoms with van der Waals surface area (Å²) in [7, 11) is 3.76. The summed E-state index contributed by atoms with van der Waals surface area (Å²) in [5.74, 6) is 1.04. The molecule has 0 radical (unpaired) electrons. The number of carbonyl (C=O) groups excluding carboxylic acids is 1. The zero-order valence-corrected chi connectivity index (χ0v) is 18.0. The van der Waals surface area contributed by atoms with Crippen molar-refractivity contribution in [1.29, 1.82) is 0 Å². The van der Waals surface area contributed by atoms with Gasteiger partial charge in [-0.2, -0.15) is 0 Å². The highest BCUT2D eigenvalue weighted by Gasteiger charge is 2.24. The highest BCUT2D eigenvalue weighted by molar-refractivity contribution is 5.77. The van der Waals surface area contributed by atoms with Crippen molar-refractivity contribution in [3.63, 3.8) is 0 Å². The van der Waals surface area contributed by atoms with Crippen molar-refractivity contribution in [3.05, 3.63) is 65.2 Å². The van der Waals surface area contributed by atoms with Crippen LogP contribution < -0.4 is 19.9 Å². The Kier molecular flexibility index (Phi) is 7.67. The SMILES string of the molecule is COc1ccc(C)cc1C[NH+](C)CC(=O)NC1CC[NH+](Cc2ccccc2)CC1. The number of ether oxygens (including phenoxy) is 1. The Bertz CT molecular complexity index is 786. The molecule has 1 atom stereocenters. The largest absolute Gasteiger partial charge is 0.496 e. The van der Waals surface area contributed by atoms with E-state index in [0.29, 0.717) is 12.6 Å². The second-order valence-corrected chi connectivity index (χ2v) is 8.38. The molecule has 0 bridgehead atoms. The van der Waals surface area contributed by atoms with Crippen LogP contribution in [0, 0.1) is 6.92 Å². The molecule has 0 aromatic heterocycles. The Balaban J connectivity index is 1.41. The summed E-state index contributed by atoms with van der Waals surface area (Å²) in [4.78, 5) is 15.3. The van der Waals surface area contributed by atoms with Gasteiger partial charge in [0.05, 0.1) is 27.2 Å². The second-order valence-electron chi connectivity index (χ2n) is 8.38. The number of nitrogens with one attached hydrogen (secondary N) is 3. The number of benzene rings is 2. The van der Waals surface area contributed by atoms with Gasteiger partial charge in [-0.25, -0.2) is 0 Å². The van der Waals surface area contributed by atoms with Crippen LogP contribution in [0.1, 0.15) is 29.5 Å². The molecule has 1 aliphatic heterocycles. The standard InChI is InChI=1S/C24H33N3O2/c1-19-9-10-23(29-3)21(15-19)17-26(2)18-24(28)25-22-11-13-27(14-12-22)16-20-7-5-4-6-8-20/h4-10,15,22H,11-14,16-18H2,1-3H3,(H,25,28)/p+2. The van der Waals surface area contributed by atoms with Crippen molar-refractivity contribution in [2.75, 3.05) is 33.8 Å². The molecule has 1 heterocycles. The van der Waals surface area contributed by atoms with E-state index in [1.54, 1.807) is 12.0 Å². The van der Waals surface area contributed by atoms with Crippen LogP contribution in [-0.2, 0) is 17.9 Å². The topological polar surface area (TPSA) is 47.2 Å². The van der Waals surface area contributed by atoms with Gasteiger partial charge in [0, 0.05) is 30.0 Å². The highest BCUT2D eigenvalue weighted by atomic mass is 16.5. The van der Waals surface area contributed by atoms with E-state index in [1.807, 2.05) is 6.07 Å². The van der Waals surface area contributed by atoms with Gasteiger partial charge in [-0.15, -0.1) is 0 Å². The number of carbonyl (C=O) groups is 1. The van der Waals surface area contributed by atoms with E-state index in [4.69, 9.17) is 4.74 Å². The van der Waals surface area contributed by atoms with E-state index in [0.717, 1.165) is 50.3 Å². The number of piperidine rings is 1. The summed E-state index contributed by atoms with van der Waals surface area (Å²) in [5.41, 5.74) is 3.75. The number of likely N-dealkylation sites (N-methyl/N-ethyl adjacent to an activating group) is 1. The lowest BCUT2D eigenvalue weighted by atomic mass is 10.0. The lowest BCUT2D eigenvalue weighted by Gasteiger charge is -2.30. The van der Waals surface area contributed by atoms with Crippen molar-refractivity contribution in [2.24, 2.45) is 0 Å². The van der Waals surface area contributed by atoms with Crippen LogP contribution in [0.5, 0.6) is 5.75 Å². The molecular formula is C24H35N3O2+2. The van der Waals surface area contributed by atoms with Gasteiger partial charge in [0.15, 0.2) is 6.54 Å². The predicted molar refractivity (Wildman–Crippen MR) is 115 cm³/mol. The van der Waals surface area contributed by atoms with Crippen LogP contribution in [0.15, 0.2) is 48.5 Å². The molecule has 5 heteroatoms. The Labute approximate surface area is 174 Å². The third-order valence-corrected chi connectivity index (χ3v) is 5.75. The molecule has 0 spiro atoms. The molecule has 2 aromatic carbocycles. The maximum atomic E-state index is 12.5. The van der Waals surface area contributed by atoms with Crippen molar-refractivity contribution in [2.45, 2.75) is 38.9 Å². The zero-order chi connectivity index (χ0) is 20.6. The molecular weight excluding hydrogens is 362 g/mol. The first-order valence-corrected chi connectivity index (χ1v) is 10.6. The molecule has 1 aliphatic rings. The molecule has 1 saturated heterocycles. The van der Waals surface area contributed by atoms with Crippen molar-refractivity contribution >= 4 is 5.91 Å². The van der Waals surface area contributed by atoms with Gasteiger partial charge in [0.25, 0.3) is 5.91 Å². The molecule has 0 aliphatic carbocycles. The monoisotopic (exact) mass is 397 g/mol. The number of quaternary nitrogens is 2. The molecule has 1 fully saturated rings. The minimum Gasteiger partial charge on any atom is -0.496 e. The number of likely N-dealkylation sites (tertiary alicyclic amines) is 1. The first-order valence-electron chi connectivity index (χ1n) is 10.6. The van der Waals surface area contributed by atoms with Gasteiger partial charge in [-0.3, -0.25) is 4.79 Å². The van der Waals surface area contributed by atoms with Crippen LogP contribution in [-0.4, -0.2) is 45.7 Å². The fourth-order valence-corrected chi connectivity index (χ4v) is 4.22. The molecule has 0 saturated carbocycles. The van der Waals surface area contributed by atoms with Gasteiger partial charge < -0.3 is 19.9 Å². The van der Waals surface area contributed by atoms with E-state index in [2.05, 4.69) is 61.8 Å². The molecule has 5 nitrogen and oxygen atoms in total. The minimum atomic E-state index is 0.144. The average molecular weight is 398 g/mol. The predicted octanol–water partition coefficient (Wildman–Crippen LogP) is 0.382. The minimum absolute atomic E-state index is 0.144. The number of rotatable bonds is 8. The average Bonchev–Trinajstić information content (AvgIpc) is 2.70. The lowest BCUT2D eigenvalue weighted by molar-refractivity contribution is -0.918. The molecule has 1 amide bonds. The van der Waals surface area contributed by atoms with E-state index in [-0.39, 0.29) is 5.91 Å². The maximum Gasteiger partial charge on any atom is 0.275 e. The van der Waals surface area contributed by atoms with Crippen LogP contribution in [0.2, 0.25) is 0 Å². The second kappa shape index (κ2) is 10.4. The van der Waals surface area contributed by atoms with Crippen LogP contribution >= 0.6 is 0 Å². The van der Waals surface area contributed by atoms with E-state index >= 15 is 0 Å². The maximum absolute atomic E-state index is 12.5. The number of aryl methyl sites for hydroxylation is 1. The highest BCUT2D eigenvalue weighted by Crippen LogP contribution is 2.18. The van der Waals surface area contributed by atoms with Crippen molar-refractivity contribution in [1.82, 2.24) is 5.32 Å². The van der Waals surface area contributed by atoms with E-state index in [9.17, 15) is 4.79 Å². The molecule has 156 valence electrons. The summed E-state index contributed by atoms with van der Waals surface area (Å²) in [6, 6.07) is 17.2. The zero-order valence-electron chi connectivity index (χ0n) is 18.0.